The van der Waals surface area contributed by atoms with Gasteiger partial charge in [-0.05, 0) is 35.4 Å². The Bertz CT molecular complexity index is 613. The van der Waals surface area contributed by atoms with Gasteiger partial charge in [-0.2, -0.15) is 0 Å². The molecule has 0 saturated heterocycles. The molecule has 2 aromatic rings. The number of carboxylic acids is 1. The Labute approximate surface area is 95.4 Å². The van der Waals surface area contributed by atoms with Crippen molar-refractivity contribution in [3.05, 3.63) is 58.3 Å². The van der Waals surface area contributed by atoms with Crippen molar-refractivity contribution in [2.75, 3.05) is 0 Å². The highest BCUT2D eigenvalue weighted by Crippen LogP contribution is 2.20. The summed E-state index contributed by atoms with van der Waals surface area (Å²) in [5.41, 5.74) is 0.542. The Morgan fingerprint density at radius 2 is 1.94 bits per heavy atom. The lowest BCUT2D eigenvalue weighted by molar-refractivity contribution is 0.0696. The lowest BCUT2D eigenvalue weighted by atomic mass is 10.0. The lowest BCUT2D eigenvalue weighted by Gasteiger charge is -2.03. The number of carbonyl (C=O) groups is 1. The Balaban J connectivity index is 2.55. The number of hydrogen-bond donors (Lipinski definition) is 2. The maximum absolute atomic E-state index is 13.2. The molecule has 0 atom stereocenters. The third kappa shape index (κ3) is 2.39. The number of aromatic nitrogens is 1. The molecule has 2 N–H and O–H groups in total. The van der Waals surface area contributed by atoms with E-state index >= 15 is 0 Å². The minimum Gasteiger partial charge on any atom is -0.478 e. The van der Waals surface area contributed by atoms with Crippen molar-refractivity contribution in [3.8, 4) is 11.1 Å². The van der Waals surface area contributed by atoms with Crippen molar-refractivity contribution in [2.45, 2.75) is 0 Å². The molecule has 0 aliphatic rings. The zero-order valence-corrected chi connectivity index (χ0v) is 8.61. The normalized spacial score (nSPS) is 10.2. The van der Waals surface area contributed by atoms with Crippen molar-refractivity contribution >= 4 is 5.97 Å². The molecule has 0 unspecified atom stereocenters. The Morgan fingerprint density at radius 3 is 2.53 bits per heavy atom. The molecule has 0 aliphatic carbocycles. The monoisotopic (exact) mass is 233 g/mol. The molecule has 0 saturated carbocycles. The van der Waals surface area contributed by atoms with Gasteiger partial charge in [-0.1, -0.05) is 0 Å². The fourth-order valence-corrected chi connectivity index (χ4v) is 1.47. The van der Waals surface area contributed by atoms with Crippen LogP contribution in [0.5, 0.6) is 0 Å². The van der Waals surface area contributed by atoms with Crippen LogP contribution in [0.4, 0.5) is 4.39 Å². The number of hydrogen-bond acceptors (Lipinski definition) is 2. The second-order valence-corrected chi connectivity index (χ2v) is 3.48. The van der Waals surface area contributed by atoms with Gasteiger partial charge in [-0.25, -0.2) is 9.18 Å². The van der Waals surface area contributed by atoms with Gasteiger partial charge in [0.1, 0.15) is 5.82 Å². The van der Waals surface area contributed by atoms with Crippen molar-refractivity contribution in [3.63, 3.8) is 0 Å². The third-order valence-electron chi connectivity index (χ3n) is 2.26. The second kappa shape index (κ2) is 4.21. The standard InChI is InChI=1S/C12H8FNO3/c13-10-4-8(3-9(5-10)12(16)17)7-1-2-11(15)14-6-7/h1-6H,(H,14,15)(H,16,17). The van der Waals surface area contributed by atoms with Crippen LogP contribution in [0.2, 0.25) is 0 Å². The zero-order valence-electron chi connectivity index (χ0n) is 8.61. The predicted molar refractivity (Wildman–Crippen MR) is 59.4 cm³/mol. The fraction of sp³-hybridized carbons (Fsp3) is 0. The molecular formula is C12H8FNO3. The number of benzene rings is 1. The zero-order chi connectivity index (χ0) is 12.4. The molecule has 1 heterocycles. The van der Waals surface area contributed by atoms with Crippen LogP contribution in [-0.2, 0) is 0 Å². The van der Waals surface area contributed by atoms with Gasteiger partial charge in [-0.15, -0.1) is 0 Å². The summed E-state index contributed by atoms with van der Waals surface area (Å²) in [7, 11) is 0. The number of rotatable bonds is 2. The van der Waals surface area contributed by atoms with E-state index in [1.807, 2.05) is 0 Å². The average Bonchev–Trinajstić information content (AvgIpc) is 2.29. The molecule has 0 radical (unpaired) electrons. The third-order valence-corrected chi connectivity index (χ3v) is 2.26. The first-order valence-corrected chi connectivity index (χ1v) is 4.79. The number of aromatic amines is 1. The summed E-state index contributed by atoms with van der Waals surface area (Å²) in [5, 5.41) is 8.80. The van der Waals surface area contributed by atoms with Gasteiger partial charge in [0.05, 0.1) is 5.56 Å². The first kappa shape index (κ1) is 11.1. The van der Waals surface area contributed by atoms with E-state index in [2.05, 4.69) is 4.98 Å². The molecule has 0 aliphatic heterocycles. The minimum atomic E-state index is -1.20. The molecule has 86 valence electrons. The van der Waals surface area contributed by atoms with Crippen LogP contribution in [0.25, 0.3) is 11.1 Å². The topological polar surface area (TPSA) is 70.2 Å². The van der Waals surface area contributed by atoms with Gasteiger partial charge in [0, 0.05) is 12.3 Å². The molecule has 0 spiro atoms. The van der Waals surface area contributed by atoms with Gasteiger partial charge in [0.25, 0.3) is 0 Å². The predicted octanol–water partition coefficient (Wildman–Crippen LogP) is 1.88. The summed E-state index contributed by atoms with van der Waals surface area (Å²) >= 11 is 0. The van der Waals surface area contributed by atoms with Crippen LogP contribution in [-0.4, -0.2) is 16.1 Å². The molecule has 4 nitrogen and oxygen atoms in total. The van der Waals surface area contributed by atoms with Gasteiger partial charge >= 0.3 is 5.97 Å². The van der Waals surface area contributed by atoms with E-state index in [9.17, 15) is 14.0 Å². The number of pyridine rings is 1. The molecule has 17 heavy (non-hydrogen) atoms. The fourth-order valence-electron chi connectivity index (χ4n) is 1.47. The lowest BCUT2D eigenvalue weighted by Crippen LogP contribution is -2.02. The maximum atomic E-state index is 13.2. The maximum Gasteiger partial charge on any atom is 0.335 e. The van der Waals surface area contributed by atoms with E-state index in [1.165, 1.54) is 30.5 Å². The SMILES string of the molecule is O=C(O)c1cc(F)cc(-c2ccc(=O)[nH]c2)c1. The van der Waals surface area contributed by atoms with E-state index in [4.69, 9.17) is 5.11 Å². The Kier molecular flexibility index (Phi) is 2.74. The highest BCUT2D eigenvalue weighted by molar-refractivity contribution is 5.89. The highest BCUT2D eigenvalue weighted by atomic mass is 19.1. The van der Waals surface area contributed by atoms with Gasteiger partial charge < -0.3 is 10.1 Å². The van der Waals surface area contributed by atoms with E-state index in [1.54, 1.807) is 0 Å². The average molecular weight is 233 g/mol. The van der Waals surface area contributed by atoms with E-state index in [0.29, 0.717) is 11.1 Å². The summed E-state index contributed by atoms with van der Waals surface area (Å²) < 4.78 is 13.2. The minimum absolute atomic E-state index is 0.133. The first-order valence-electron chi connectivity index (χ1n) is 4.79. The number of nitrogens with one attached hydrogen (secondary N) is 1. The molecule has 1 aromatic heterocycles. The van der Waals surface area contributed by atoms with Crippen LogP contribution in [0.1, 0.15) is 10.4 Å². The molecule has 0 bridgehead atoms. The highest BCUT2D eigenvalue weighted by Gasteiger charge is 2.08. The molecule has 0 amide bonds. The summed E-state index contributed by atoms with van der Waals surface area (Å²) in [5.74, 6) is -1.83. The quantitative estimate of drug-likeness (QED) is 0.831. The van der Waals surface area contributed by atoms with Crippen LogP contribution < -0.4 is 5.56 Å². The largest absolute Gasteiger partial charge is 0.478 e. The number of aromatic carboxylic acids is 1. The first-order chi connectivity index (χ1) is 8.06. The van der Waals surface area contributed by atoms with Crippen molar-refractivity contribution < 1.29 is 14.3 Å². The summed E-state index contributed by atoms with van der Waals surface area (Å²) in [4.78, 5) is 24.1. The summed E-state index contributed by atoms with van der Waals surface area (Å²) in [6, 6.07) is 6.29. The summed E-state index contributed by atoms with van der Waals surface area (Å²) in [6.07, 6.45) is 1.41. The van der Waals surface area contributed by atoms with Crippen LogP contribution in [0.15, 0.2) is 41.3 Å². The molecule has 0 fully saturated rings. The van der Waals surface area contributed by atoms with Crippen molar-refractivity contribution in [1.82, 2.24) is 4.98 Å². The van der Waals surface area contributed by atoms with Crippen molar-refractivity contribution in [2.24, 2.45) is 0 Å². The molecule has 2 rings (SSSR count). The smallest absolute Gasteiger partial charge is 0.335 e. The Hall–Kier alpha value is -2.43. The number of H-pyrrole nitrogens is 1. The van der Waals surface area contributed by atoms with Gasteiger partial charge in [-0.3, -0.25) is 4.79 Å². The van der Waals surface area contributed by atoms with Crippen molar-refractivity contribution in [1.29, 1.82) is 0 Å². The van der Waals surface area contributed by atoms with Crippen LogP contribution in [0, 0.1) is 5.82 Å². The van der Waals surface area contributed by atoms with E-state index in [0.717, 1.165) is 6.07 Å². The van der Waals surface area contributed by atoms with Gasteiger partial charge in [0.2, 0.25) is 5.56 Å². The molecular weight excluding hydrogens is 225 g/mol. The summed E-state index contributed by atoms with van der Waals surface area (Å²) in [6.45, 7) is 0. The number of halogens is 1. The van der Waals surface area contributed by atoms with E-state index in [-0.39, 0.29) is 11.1 Å². The van der Waals surface area contributed by atoms with Gasteiger partial charge in [0.15, 0.2) is 0 Å². The molecule has 1 aromatic carbocycles. The van der Waals surface area contributed by atoms with Crippen LogP contribution >= 0.6 is 0 Å². The number of carboxylic acid groups (broad SMARTS) is 1. The second-order valence-electron chi connectivity index (χ2n) is 3.48. The Morgan fingerprint density at radius 1 is 1.18 bits per heavy atom. The molecule has 5 heteroatoms. The van der Waals surface area contributed by atoms with E-state index < -0.39 is 11.8 Å². The van der Waals surface area contributed by atoms with Crippen LogP contribution in [0.3, 0.4) is 0 Å².